The van der Waals surface area contributed by atoms with E-state index < -0.39 is 0 Å². The molecular weight excluding hydrogens is 434 g/mol. The zero-order valence-corrected chi connectivity index (χ0v) is 17.8. The number of aromatic amines is 1. The number of rotatable bonds is 5. The Morgan fingerprint density at radius 2 is 2.07 bits per heavy atom. The van der Waals surface area contributed by atoms with E-state index >= 15 is 0 Å². The lowest BCUT2D eigenvalue weighted by Crippen LogP contribution is -2.09. The van der Waals surface area contributed by atoms with Gasteiger partial charge < -0.3 is 9.72 Å². The van der Waals surface area contributed by atoms with Crippen molar-refractivity contribution in [2.45, 2.75) is 10.9 Å². The molecule has 28 heavy (non-hydrogen) atoms. The number of aromatic nitrogens is 3. The van der Waals surface area contributed by atoms with Crippen molar-refractivity contribution in [3.63, 3.8) is 0 Å². The van der Waals surface area contributed by atoms with Crippen molar-refractivity contribution in [1.29, 1.82) is 0 Å². The number of H-pyrrole nitrogens is 1. The quantitative estimate of drug-likeness (QED) is 0.250. The molecule has 0 aliphatic rings. The smallest absolute Gasteiger partial charge is 0.271 e. The molecule has 2 heterocycles. The Kier molecular flexibility index (Phi) is 5.54. The molecule has 0 fully saturated rings. The molecule has 1 N–H and O–H groups in total. The van der Waals surface area contributed by atoms with Gasteiger partial charge in [0, 0.05) is 16.8 Å². The van der Waals surface area contributed by atoms with Crippen LogP contribution in [0.5, 0.6) is 5.75 Å². The Hall–Kier alpha value is -2.13. The van der Waals surface area contributed by atoms with Crippen molar-refractivity contribution in [1.82, 2.24) is 14.5 Å². The first-order chi connectivity index (χ1) is 13.5. The average Bonchev–Trinajstić information content (AvgIpc) is 3.04. The van der Waals surface area contributed by atoms with Crippen LogP contribution in [0.2, 0.25) is 5.02 Å². The Balaban J connectivity index is 1.75. The maximum atomic E-state index is 12.6. The molecule has 142 valence electrons. The van der Waals surface area contributed by atoms with Crippen molar-refractivity contribution < 1.29 is 4.74 Å². The molecular formula is C19H14ClN3O2S3. The van der Waals surface area contributed by atoms with E-state index in [-0.39, 0.29) is 5.56 Å². The SMILES string of the molecule is COc1cccc(-n2c(=S)sc3c(=O)[nH]c(SCc4ccc(Cl)cc4)nc32)c1. The highest BCUT2D eigenvalue weighted by Gasteiger charge is 2.14. The van der Waals surface area contributed by atoms with Crippen molar-refractivity contribution >= 4 is 57.3 Å². The number of fused-ring (bicyclic) bond motifs is 1. The largest absolute Gasteiger partial charge is 0.497 e. The number of hydrogen-bond acceptors (Lipinski definition) is 6. The highest BCUT2D eigenvalue weighted by Crippen LogP contribution is 2.27. The molecule has 0 amide bonds. The van der Waals surface area contributed by atoms with Gasteiger partial charge in [-0.05, 0) is 42.0 Å². The highest BCUT2D eigenvalue weighted by molar-refractivity contribution is 7.98. The predicted octanol–water partition coefficient (Wildman–Crippen LogP) is 5.46. The molecule has 5 nitrogen and oxygen atoms in total. The summed E-state index contributed by atoms with van der Waals surface area (Å²) >= 11 is 14.1. The molecule has 0 saturated carbocycles. The number of thioether (sulfide) groups is 1. The minimum atomic E-state index is -0.193. The van der Waals surface area contributed by atoms with Crippen LogP contribution in [0.4, 0.5) is 0 Å². The van der Waals surface area contributed by atoms with Crippen LogP contribution in [0.25, 0.3) is 16.0 Å². The number of halogens is 1. The Morgan fingerprint density at radius 1 is 1.29 bits per heavy atom. The standard InChI is InChI=1S/C19H14ClN3O2S3/c1-25-14-4-2-3-13(9-14)23-16-15(28-19(23)26)17(24)22-18(21-16)27-10-11-5-7-12(20)8-6-11/h2-9H,10H2,1H3,(H,21,22,24). The van der Waals surface area contributed by atoms with Crippen LogP contribution in [0.1, 0.15) is 5.56 Å². The number of ether oxygens (including phenoxy) is 1. The Bertz CT molecular complexity index is 1260. The molecule has 2 aromatic heterocycles. The van der Waals surface area contributed by atoms with Crippen molar-refractivity contribution in [2.75, 3.05) is 7.11 Å². The molecule has 0 spiro atoms. The van der Waals surface area contributed by atoms with Gasteiger partial charge in [-0.15, -0.1) is 0 Å². The van der Waals surface area contributed by atoms with Gasteiger partial charge in [0.05, 0.1) is 12.8 Å². The number of nitrogens with zero attached hydrogens (tertiary/aromatic N) is 2. The maximum absolute atomic E-state index is 12.6. The predicted molar refractivity (Wildman–Crippen MR) is 118 cm³/mol. The Morgan fingerprint density at radius 3 is 2.82 bits per heavy atom. The second kappa shape index (κ2) is 8.08. The van der Waals surface area contributed by atoms with Gasteiger partial charge in [-0.2, -0.15) is 0 Å². The summed E-state index contributed by atoms with van der Waals surface area (Å²) in [6.45, 7) is 0. The summed E-state index contributed by atoms with van der Waals surface area (Å²) in [5, 5.41) is 1.23. The van der Waals surface area contributed by atoms with Crippen LogP contribution < -0.4 is 10.3 Å². The van der Waals surface area contributed by atoms with E-state index in [0.717, 1.165) is 11.3 Å². The fourth-order valence-electron chi connectivity index (χ4n) is 2.67. The molecule has 0 saturated heterocycles. The monoisotopic (exact) mass is 447 g/mol. The van der Waals surface area contributed by atoms with E-state index in [1.54, 1.807) is 11.7 Å². The molecule has 0 atom stereocenters. The molecule has 0 aliphatic heterocycles. The molecule has 0 radical (unpaired) electrons. The molecule has 4 aromatic rings. The van der Waals surface area contributed by atoms with E-state index in [9.17, 15) is 4.79 Å². The van der Waals surface area contributed by atoms with Gasteiger partial charge in [-0.3, -0.25) is 9.36 Å². The number of nitrogens with one attached hydrogen (secondary N) is 1. The van der Waals surface area contributed by atoms with Gasteiger partial charge in [0.15, 0.2) is 14.8 Å². The first-order valence-electron chi connectivity index (χ1n) is 8.22. The van der Waals surface area contributed by atoms with E-state index in [2.05, 4.69) is 9.97 Å². The average molecular weight is 448 g/mol. The van der Waals surface area contributed by atoms with Gasteiger partial charge in [-0.25, -0.2) is 4.98 Å². The molecule has 0 unspecified atom stereocenters. The molecule has 0 bridgehead atoms. The minimum Gasteiger partial charge on any atom is -0.497 e. The molecule has 0 aliphatic carbocycles. The third-order valence-corrected chi connectivity index (χ3v) is 6.58. The summed E-state index contributed by atoms with van der Waals surface area (Å²) in [6, 6.07) is 15.1. The second-order valence-electron chi connectivity index (χ2n) is 5.84. The van der Waals surface area contributed by atoms with Gasteiger partial charge in [0.25, 0.3) is 5.56 Å². The lowest BCUT2D eigenvalue weighted by Gasteiger charge is -2.07. The summed E-state index contributed by atoms with van der Waals surface area (Å²) in [5.41, 5.74) is 2.25. The third-order valence-electron chi connectivity index (χ3n) is 4.02. The van der Waals surface area contributed by atoms with Gasteiger partial charge >= 0.3 is 0 Å². The van der Waals surface area contributed by atoms with Crippen LogP contribution in [-0.4, -0.2) is 21.6 Å². The summed E-state index contributed by atoms with van der Waals surface area (Å²) in [6.07, 6.45) is 0. The summed E-state index contributed by atoms with van der Waals surface area (Å²) in [5.74, 6) is 1.37. The summed E-state index contributed by atoms with van der Waals surface area (Å²) in [7, 11) is 1.61. The molecule has 2 aromatic carbocycles. The lowest BCUT2D eigenvalue weighted by molar-refractivity contribution is 0.414. The van der Waals surface area contributed by atoms with Gasteiger partial charge in [0.1, 0.15) is 10.4 Å². The number of thiazole rings is 1. The first-order valence-corrected chi connectivity index (χ1v) is 10.8. The molecule has 4 rings (SSSR count). The fraction of sp³-hybridized carbons (Fsp3) is 0.105. The van der Waals surface area contributed by atoms with Crippen LogP contribution in [0.15, 0.2) is 58.5 Å². The highest BCUT2D eigenvalue weighted by atomic mass is 35.5. The van der Waals surface area contributed by atoms with Crippen molar-refractivity contribution in [3.05, 3.63) is 73.4 Å². The van der Waals surface area contributed by atoms with Crippen molar-refractivity contribution in [3.8, 4) is 11.4 Å². The maximum Gasteiger partial charge on any atom is 0.271 e. The zero-order chi connectivity index (χ0) is 19.7. The van der Waals surface area contributed by atoms with Gasteiger partial charge in [0.2, 0.25) is 0 Å². The van der Waals surface area contributed by atoms with Crippen LogP contribution in [0, 0.1) is 3.95 Å². The van der Waals surface area contributed by atoms with E-state index in [1.165, 1.54) is 23.1 Å². The first kappa shape index (κ1) is 19.2. The Labute approximate surface area is 179 Å². The van der Waals surface area contributed by atoms with Crippen LogP contribution >= 0.6 is 46.9 Å². The van der Waals surface area contributed by atoms with Crippen LogP contribution in [-0.2, 0) is 5.75 Å². The van der Waals surface area contributed by atoms with E-state index in [4.69, 9.17) is 28.6 Å². The fourth-order valence-corrected chi connectivity index (χ4v) is 4.88. The second-order valence-corrected chi connectivity index (χ2v) is 8.89. The minimum absolute atomic E-state index is 0.193. The van der Waals surface area contributed by atoms with Gasteiger partial charge in [-0.1, -0.05) is 52.9 Å². The van der Waals surface area contributed by atoms with E-state index in [1.807, 2.05) is 48.5 Å². The summed E-state index contributed by atoms with van der Waals surface area (Å²) in [4.78, 5) is 20.1. The van der Waals surface area contributed by atoms with Crippen LogP contribution in [0.3, 0.4) is 0 Å². The zero-order valence-electron chi connectivity index (χ0n) is 14.6. The summed E-state index contributed by atoms with van der Waals surface area (Å²) < 4.78 is 8.17. The number of hydrogen-bond donors (Lipinski definition) is 1. The topological polar surface area (TPSA) is 59.9 Å². The normalized spacial score (nSPS) is 11.1. The molecule has 9 heteroatoms. The van der Waals surface area contributed by atoms with E-state index in [0.29, 0.717) is 36.0 Å². The lowest BCUT2D eigenvalue weighted by atomic mass is 10.2. The number of methoxy groups -OCH3 is 1. The number of benzene rings is 2. The van der Waals surface area contributed by atoms with Crippen molar-refractivity contribution in [2.24, 2.45) is 0 Å². The third kappa shape index (κ3) is 3.86.